The average molecular weight is 1200 g/mol. The fraction of sp³-hybridized carbons (Fsp3) is 0.733. The Labute approximate surface area is 391 Å². The number of alkyl halides is 6. The summed E-state index contributed by atoms with van der Waals surface area (Å²) in [7, 11) is -11.7. The Bertz CT molecular complexity index is 1480. The van der Waals surface area contributed by atoms with Gasteiger partial charge in [-0.05, 0) is 19.3 Å². The maximum Gasteiger partial charge on any atom is 1.00 e. The molecule has 0 aliphatic carbocycles. The molecule has 3 fully saturated rings. The zero-order valence-electron chi connectivity index (χ0n) is 31.5. The third-order valence-corrected chi connectivity index (χ3v) is 8.96. The van der Waals surface area contributed by atoms with Gasteiger partial charge in [0, 0.05) is 94.3 Å². The first-order valence-corrected chi connectivity index (χ1v) is 20.0. The monoisotopic (exact) mass is 1190 g/mol. The van der Waals surface area contributed by atoms with Crippen molar-refractivity contribution < 1.29 is 139 Å². The molecule has 0 saturated carbocycles. The van der Waals surface area contributed by atoms with Gasteiger partial charge < -0.3 is 48.7 Å². The summed E-state index contributed by atoms with van der Waals surface area (Å²) in [5, 5.41) is 28.1. The summed E-state index contributed by atoms with van der Waals surface area (Å²) in [6.07, 6.45) is 10.9. The van der Waals surface area contributed by atoms with E-state index in [2.05, 4.69) is 42.5 Å². The smallest absolute Gasteiger partial charge is 0.693 e. The Balaban J connectivity index is -0.000000369. The number of hydrogen-bond donors (Lipinski definition) is 6. The molecule has 30 heteroatoms. The molecule has 4 amide bonds. The second kappa shape index (κ2) is 33.2. The van der Waals surface area contributed by atoms with Crippen LogP contribution in [0, 0.1) is 17.8 Å². The second-order valence-corrected chi connectivity index (χ2v) is 15.1. The molecule has 364 valence electrons. The van der Waals surface area contributed by atoms with Gasteiger partial charge in [0.05, 0.1) is 0 Å². The van der Waals surface area contributed by atoms with Crippen LogP contribution in [0.2, 0.25) is 0 Å². The van der Waals surface area contributed by atoms with Crippen molar-refractivity contribution in [2.45, 2.75) is 49.5 Å². The van der Waals surface area contributed by atoms with E-state index < -0.39 is 31.3 Å². The summed E-state index contributed by atoms with van der Waals surface area (Å²) in [5.74, 6) is 0.0576. The van der Waals surface area contributed by atoms with E-state index in [4.69, 9.17) is 25.9 Å². The van der Waals surface area contributed by atoms with E-state index in [0.717, 1.165) is 58.2 Å². The van der Waals surface area contributed by atoms with Gasteiger partial charge in [0.2, 0.25) is 23.6 Å². The zero-order chi connectivity index (χ0) is 42.4. The first-order valence-electron chi connectivity index (χ1n) is 17.2. The Morgan fingerprint density at radius 3 is 1.17 bits per heavy atom. The summed E-state index contributed by atoms with van der Waals surface area (Å²) < 4.78 is 115. The number of rotatable bonds is 10. The van der Waals surface area contributed by atoms with Crippen molar-refractivity contribution in [3.05, 3.63) is 51.3 Å². The van der Waals surface area contributed by atoms with Gasteiger partial charge in [-0.2, -0.15) is 49.4 Å². The number of carbonyl (C=O) groups excluding carboxylic acids is 4. The van der Waals surface area contributed by atoms with Crippen LogP contribution in [0.15, 0.2) is 23.9 Å². The predicted octanol–water partition coefficient (Wildman–Crippen LogP) is 3.11. The van der Waals surface area contributed by atoms with E-state index in [0.29, 0.717) is 57.9 Å². The maximum absolute atomic E-state index is 11.8. The van der Waals surface area contributed by atoms with Crippen LogP contribution in [0.25, 0.3) is 27.4 Å². The Morgan fingerprint density at radius 2 is 0.933 bits per heavy atom. The molecule has 0 aromatic heterocycles. The number of amides is 4. The van der Waals surface area contributed by atoms with Crippen LogP contribution in [0.5, 0.6) is 0 Å². The number of hydrogen-bond acceptors (Lipinski definition) is 8. The number of nitrogens with zero attached hydrogens (tertiary/aromatic N) is 4. The third kappa shape index (κ3) is 28.3. The first-order chi connectivity index (χ1) is 26.0. The minimum Gasteiger partial charge on any atom is -0.693 e. The van der Waals surface area contributed by atoms with E-state index in [-0.39, 0.29) is 115 Å². The molecule has 0 spiro atoms. The van der Waals surface area contributed by atoms with Crippen molar-refractivity contribution in [2.24, 2.45) is 17.8 Å². The Hall–Kier alpha value is -1.38. The van der Waals surface area contributed by atoms with Gasteiger partial charge >= 0.3 is 53.6 Å². The van der Waals surface area contributed by atoms with E-state index in [1.54, 1.807) is 12.3 Å². The number of carbonyl (C=O) groups is 4. The maximum atomic E-state index is 11.8. The van der Waals surface area contributed by atoms with Crippen molar-refractivity contribution in [3.8, 4) is 0 Å². The molecule has 60 heavy (non-hydrogen) atoms. The van der Waals surface area contributed by atoms with Crippen LogP contribution in [-0.2, 0) is 107 Å². The largest absolute Gasteiger partial charge is 1.00 e. The van der Waals surface area contributed by atoms with E-state index >= 15 is 0 Å². The molecule has 2 radical (unpaired) electrons. The molecule has 19 nitrogen and oxygen atoms in total. The predicted molar refractivity (Wildman–Crippen MR) is 195 cm³/mol. The molecule has 3 saturated heterocycles. The normalized spacial score (nSPS) is 19.9. The Kier molecular flexibility index (Phi) is 36.1. The van der Waals surface area contributed by atoms with Gasteiger partial charge in [-0.15, -0.1) is 51.9 Å². The van der Waals surface area contributed by atoms with Gasteiger partial charge in [-0.3, -0.25) is 28.3 Å². The Morgan fingerprint density at radius 1 is 0.633 bits per heavy atom. The van der Waals surface area contributed by atoms with E-state index in [9.17, 15) is 45.5 Å². The number of halogens is 6. The quantitative estimate of drug-likeness (QED) is 0.0611. The van der Waals surface area contributed by atoms with Crippen LogP contribution in [0.3, 0.4) is 0 Å². The summed E-state index contributed by atoms with van der Waals surface area (Å²) in [6, 6.07) is 0. The van der Waals surface area contributed by atoms with Gasteiger partial charge in [-0.25, -0.2) is 0 Å². The molecule has 0 aromatic carbocycles. The van der Waals surface area contributed by atoms with E-state index in [1.165, 1.54) is 0 Å². The first kappa shape index (κ1) is 65.2. The minimum absolute atomic E-state index is 0. The molecule has 4 aliphatic rings. The van der Waals surface area contributed by atoms with Crippen molar-refractivity contribution in [1.29, 1.82) is 0 Å². The van der Waals surface area contributed by atoms with Crippen LogP contribution >= 0.6 is 0 Å². The third-order valence-electron chi connectivity index (χ3n) is 7.79. The molecule has 4 aliphatic heterocycles. The average Bonchev–Trinajstić information content (AvgIpc) is 3.15. The summed E-state index contributed by atoms with van der Waals surface area (Å²) in [6.45, 7) is 7.00. The van der Waals surface area contributed by atoms with Crippen molar-refractivity contribution >= 4 is 43.9 Å². The SMILES string of the molecule is O=C(NCCNC(=O)C1CCC[N-]C1)C1=C[N-]CC=C1.O=C(NCCNC(=O)C1CCC[N-]C1)C1CCC[N-]C1.O=S(=O)(O)C(F)(F)F.O=S(=O)(O)C(F)(F)F.[Ag+].[Ag].[Ag].[NH2-]. The fourth-order valence-electron chi connectivity index (χ4n) is 4.84. The van der Waals surface area contributed by atoms with Crippen LogP contribution in [0.1, 0.15) is 38.5 Å². The van der Waals surface area contributed by atoms with Gasteiger partial charge in [-0.1, -0.05) is 25.3 Å². The zero-order valence-corrected chi connectivity index (χ0v) is 37.6. The number of nitrogens with two attached hydrogens (primary N) is 1. The topological polar surface area (TPSA) is 315 Å². The molecule has 0 bridgehead atoms. The van der Waals surface area contributed by atoms with Gasteiger partial charge in [0.25, 0.3) is 0 Å². The molecular formula is C30H48Ag3F6N9O10S2-4. The number of nitrogens with one attached hydrogen (secondary N) is 4. The molecule has 3 unspecified atom stereocenters. The van der Waals surface area contributed by atoms with E-state index in [1.807, 2.05) is 6.08 Å². The minimum atomic E-state index is -5.84. The standard InChI is InChI=1S/C14H24N4O2.C14H21N4O2.2CHF3O3S.3Ag.H2N/c2*19-13(11-3-1-5-15-9-11)17-7-8-18-14(20)12-4-2-6-16-10-12;2*2-1(3,4)8(5,6)7;;;;/h11-12H,1-10H2,(H,17,19)(H,18,20);1,3,9,12H,2,4-8,10H2,(H3,15,17,18,19,20);2*(H,5,6,7);;;;1H2/q-2;-1;;;;;+1;-1/p-1. The molecule has 8 N–H and O–H groups in total. The molecule has 4 heterocycles. The van der Waals surface area contributed by atoms with Crippen LogP contribution in [-0.4, -0.2) is 133 Å². The van der Waals surface area contributed by atoms with Gasteiger partial charge in [0.1, 0.15) is 0 Å². The molecule has 3 atom stereocenters. The van der Waals surface area contributed by atoms with Crippen molar-refractivity contribution in [3.63, 3.8) is 0 Å². The van der Waals surface area contributed by atoms with Crippen LogP contribution < -0.4 is 21.3 Å². The van der Waals surface area contributed by atoms with Gasteiger partial charge in [0.15, 0.2) is 0 Å². The summed E-state index contributed by atoms with van der Waals surface area (Å²) in [4.78, 5) is 47.2. The number of piperidine rings is 3. The van der Waals surface area contributed by atoms with Crippen molar-refractivity contribution in [2.75, 3.05) is 72.0 Å². The summed E-state index contributed by atoms with van der Waals surface area (Å²) >= 11 is 0. The van der Waals surface area contributed by atoms with Crippen LogP contribution in [0.4, 0.5) is 26.3 Å². The summed E-state index contributed by atoms with van der Waals surface area (Å²) in [5.41, 5.74) is -10.5. The fourth-order valence-corrected chi connectivity index (χ4v) is 4.84. The van der Waals surface area contributed by atoms with Crippen molar-refractivity contribution in [1.82, 2.24) is 21.3 Å². The molecule has 4 rings (SSSR count). The molecule has 0 aromatic rings. The molecular weight excluding hydrogens is 1150 g/mol. The second-order valence-electron chi connectivity index (χ2n) is 12.2.